The first kappa shape index (κ1) is 21.9. The normalized spacial score (nSPS) is 12.6. The lowest BCUT2D eigenvalue weighted by Gasteiger charge is -2.06. The molecule has 2 aromatic carbocycles. The van der Waals surface area contributed by atoms with Gasteiger partial charge in [0.25, 0.3) is 5.91 Å². The molecule has 1 amide bonds. The predicted octanol–water partition coefficient (Wildman–Crippen LogP) is 4.04. The summed E-state index contributed by atoms with van der Waals surface area (Å²) in [7, 11) is -3.39. The molecule has 29 heavy (non-hydrogen) atoms. The average Bonchev–Trinajstić information content (AvgIpc) is 3.04. The van der Waals surface area contributed by atoms with Crippen molar-refractivity contribution < 1.29 is 17.9 Å². The van der Waals surface area contributed by atoms with Crippen molar-refractivity contribution in [3.63, 3.8) is 0 Å². The van der Waals surface area contributed by atoms with Crippen LogP contribution >= 0.6 is 27.3 Å². The Morgan fingerprint density at radius 1 is 1.21 bits per heavy atom. The summed E-state index contributed by atoms with van der Waals surface area (Å²) in [4.78, 5) is 17.8. The van der Waals surface area contributed by atoms with Crippen LogP contribution in [0.1, 0.15) is 24.2 Å². The van der Waals surface area contributed by atoms with E-state index in [2.05, 4.69) is 20.9 Å². The largest absolute Gasteiger partial charge is 0.380 e. The number of halogens is 1. The molecule has 0 N–H and O–H groups in total. The minimum absolute atomic E-state index is 0.0234. The molecule has 0 bridgehead atoms. The fourth-order valence-electron chi connectivity index (χ4n) is 2.79. The van der Waals surface area contributed by atoms with Crippen molar-refractivity contribution in [2.75, 3.05) is 19.0 Å². The van der Waals surface area contributed by atoms with Gasteiger partial charge in [-0.3, -0.25) is 4.79 Å². The number of amides is 1. The first-order valence-electron chi connectivity index (χ1n) is 9.14. The van der Waals surface area contributed by atoms with E-state index in [1.807, 2.05) is 29.7 Å². The fourth-order valence-corrected chi connectivity index (χ4v) is 5.32. The number of thiazole rings is 1. The van der Waals surface area contributed by atoms with Crippen LogP contribution in [0, 0.1) is 0 Å². The van der Waals surface area contributed by atoms with Gasteiger partial charge in [0.05, 0.1) is 27.5 Å². The van der Waals surface area contributed by atoms with Gasteiger partial charge in [0.2, 0.25) is 0 Å². The monoisotopic (exact) mass is 496 g/mol. The summed E-state index contributed by atoms with van der Waals surface area (Å²) in [5.41, 5.74) is 1.21. The van der Waals surface area contributed by atoms with E-state index >= 15 is 0 Å². The molecule has 0 saturated carbocycles. The number of hydrogen-bond donors (Lipinski definition) is 0. The van der Waals surface area contributed by atoms with E-state index in [0.29, 0.717) is 24.6 Å². The zero-order chi connectivity index (χ0) is 21.0. The number of carbonyl (C=O) groups excluding carboxylic acids is 1. The van der Waals surface area contributed by atoms with Gasteiger partial charge in [-0.05, 0) is 43.3 Å². The zero-order valence-corrected chi connectivity index (χ0v) is 19.3. The first-order chi connectivity index (χ1) is 13.9. The lowest BCUT2D eigenvalue weighted by Crippen LogP contribution is -2.19. The van der Waals surface area contributed by atoms with E-state index in [1.54, 1.807) is 19.1 Å². The number of benzene rings is 2. The van der Waals surface area contributed by atoms with Crippen LogP contribution in [0.25, 0.3) is 10.2 Å². The van der Waals surface area contributed by atoms with Crippen LogP contribution in [0.15, 0.2) is 56.8 Å². The van der Waals surface area contributed by atoms with Crippen LogP contribution in [0.5, 0.6) is 0 Å². The van der Waals surface area contributed by atoms with Gasteiger partial charge in [-0.15, -0.1) is 0 Å². The minimum Gasteiger partial charge on any atom is -0.380 e. The molecule has 6 nitrogen and oxygen atoms in total. The number of hydrogen-bond acceptors (Lipinski definition) is 5. The molecule has 1 heterocycles. The van der Waals surface area contributed by atoms with Crippen LogP contribution in [-0.2, 0) is 21.1 Å². The Kier molecular flexibility index (Phi) is 7.05. The van der Waals surface area contributed by atoms with Gasteiger partial charge in [-0.1, -0.05) is 40.3 Å². The number of rotatable bonds is 7. The molecular weight excluding hydrogens is 476 g/mol. The Morgan fingerprint density at radius 3 is 2.72 bits per heavy atom. The SMILES string of the molecule is CCOCCn1c(=NC(=O)c2cccc(S(=O)(=O)CC)c2)sc2cc(Br)ccc21. The number of fused-ring (bicyclic) bond motifs is 1. The number of nitrogens with zero attached hydrogens (tertiary/aromatic N) is 2. The van der Waals surface area contributed by atoms with E-state index in [-0.39, 0.29) is 16.2 Å². The molecule has 0 unspecified atom stereocenters. The smallest absolute Gasteiger partial charge is 0.279 e. The molecule has 0 radical (unpaired) electrons. The molecule has 0 atom stereocenters. The highest BCUT2D eigenvalue weighted by molar-refractivity contribution is 9.10. The highest BCUT2D eigenvalue weighted by atomic mass is 79.9. The summed E-state index contributed by atoms with van der Waals surface area (Å²) in [6.07, 6.45) is 0. The second-order valence-electron chi connectivity index (χ2n) is 6.19. The van der Waals surface area contributed by atoms with Crippen molar-refractivity contribution in [2.24, 2.45) is 4.99 Å². The van der Waals surface area contributed by atoms with Gasteiger partial charge in [0.1, 0.15) is 0 Å². The highest BCUT2D eigenvalue weighted by Gasteiger charge is 2.15. The van der Waals surface area contributed by atoms with Gasteiger partial charge in [-0.25, -0.2) is 8.42 Å². The molecule has 3 rings (SSSR count). The quantitative estimate of drug-likeness (QED) is 0.462. The van der Waals surface area contributed by atoms with Crippen molar-refractivity contribution in [3.05, 3.63) is 57.3 Å². The Labute approximate surface area is 181 Å². The predicted molar refractivity (Wildman–Crippen MR) is 118 cm³/mol. The molecule has 9 heteroatoms. The van der Waals surface area contributed by atoms with Crippen molar-refractivity contribution >= 4 is 53.2 Å². The van der Waals surface area contributed by atoms with Crippen molar-refractivity contribution in [1.29, 1.82) is 0 Å². The van der Waals surface area contributed by atoms with E-state index in [9.17, 15) is 13.2 Å². The van der Waals surface area contributed by atoms with Crippen molar-refractivity contribution in [1.82, 2.24) is 4.57 Å². The number of sulfone groups is 1. The fraction of sp³-hybridized carbons (Fsp3) is 0.300. The third kappa shape index (κ3) is 5.03. The standard InChI is InChI=1S/C20H21BrN2O4S2/c1-3-27-11-10-23-17-9-8-15(21)13-18(17)28-20(23)22-19(24)14-6-5-7-16(12-14)29(25,26)4-2/h5-9,12-13H,3-4,10-11H2,1-2H3. The summed E-state index contributed by atoms with van der Waals surface area (Å²) < 4.78 is 33.6. The van der Waals surface area contributed by atoms with Crippen LogP contribution < -0.4 is 4.80 Å². The maximum Gasteiger partial charge on any atom is 0.279 e. The Balaban J connectivity index is 2.06. The maximum absolute atomic E-state index is 12.8. The molecule has 0 spiro atoms. The molecule has 3 aromatic rings. The van der Waals surface area contributed by atoms with Gasteiger partial charge in [0.15, 0.2) is 14.6 Å². The van der Waals surface area contributed by atoms with E-state index in [1.165, 1.54) is 23.5 Å². The maximum atomic E-state index is 12.8. The second kappa shape index (κ2) is 9.34. The van der Waals surface area contributed by atoms with Gasteiger partial charge in [-0.2, -0.15) is 4.99 Å². The van der Waals surface area contributed by atoms with E-state index in [4.69, 9.17) is 4.74 Å². The molecular formula is C20H21BrN2O4S2. The van der Waals surface area contributed by atoms with E-state index < -0.39 is 15.7 Å². The van der Waals surface area contributed by atoms with Crippen LogP contribution in [-0.4, -0.2) is 37.9 Å². The summed E-state index contributed by atoms with van der Waals surface area (Å²) in [6, 6.07) is 11.9. The molecule has 0 fully saturated rings. The summed E-state index contributed by atoms with van der Waals surface area (Å²) in [5, 5.41) is 0. The minimum atomic E-state index is -3.39. The Morgan fingerprint density at radius 2 is 2.00 bits per heavy atom. The van der Waals surface area contributed by atoms with Crippen LogP contribution in [0.4, 0.5) is 0 Å². The lowest BCUT2D eigenvalue weighted by atomic mass is 10.2. The van der Waals surface area contributed by atoms with Gasteiger partial charge in [0, 0.05) is 23.2 Å². The highest BCUT2D eigenvalue weighted by Crippen LogP contribution is 2.22. The summed E-state index contributed by atoms with van der Waals surface area (Å²) >= 11 is 4.87. The zero-order valence-electron chi connectivity index (χ0n) is 16.1. The molecule has 0 aliphatic carbocycles. The van der Waals surface area contributed by atoms with Crippen LogP contribution in [0.3, 0.4) is 0 Å². The van der Waals surface area contributed by atoms with Gasteiger partial charge >= 0.3 is 0 Å². The van der Waals surface area contributed by atoms with Crippen LogP contribution in [0.2, 0.25) is 0 Å². The molecule has 154 valence electrons. The number of ether oxygens (including phenoxy) is 1. The average molecular weight is 497 g/mol. The van der Waals surface area contributed by atoms with Crippen molar-refractivity contribution in [2.45, 2.75) is 25.3 Å². The molecule has 0 aliphatic heterocycles. The second-order valence-corrected chi connectivity index (χ2v) is 10.4. The molecule has 0 aliphatic rings. The lowest BCUT2D eigenvalue weighted by molar-refractivity contribution is 0.0996. The van der Waals surface area contributed by atoms with Gasteiger partial charge < -0.3 is 9.30 Å². The molecule has 0 saturated heterocycles. The topological polar surface area (TPSA) is 77.7 Å². The Bertz CT molecular complexity index is 1210. The number of carbonyl (C=O) groups is 1. The Hall–Kier alpha value is -1.81. The first-order valence-corrected chi connectivity index (χ1v) is 12.4. The third-order valence-electron chi connectivity index (χ3n) is 4.33. The van der Waals surface area contributed by atoms with Crippen molar-refractivity contribution in [3.8, 4) is 0 Å². The molecule has 1 aromatic heterocycles. The van der Waals surface area contributed by atoms with E-state index in [0.717, 1.165) is 14.7 Å². The number of aromatic nitrogens is 1. The summed E-state index contributed by atoms with van der Waals surface area (Å²) in [5.74, 6) is -0.501. The summed E-state index contributed by atoms with van der Waals surface area (Å²) in [6.45, 7) is 5.18. The third-order valence-corrected chi connectivity index (χ3v) is 7.59.